The van der Waals surface area contributed by atoms with E-state index in [0.29, 0.717) is 28.7 Å². The Hall–Kier alpha value is -1.63. The van der Waals surface area contributed by atoms with Gasteiger partial charge in [0.2, 0.25) is 5.91 Å². The number of thioether (sulfide) groups is 1. The van der Waals surface area contributed by atoms with Crippen LogP contribution in [0, 0.1) is 12.8 Å². The van der Waals surface area contributed by atoms with Crippen molar-refractivity contribution in [2.24, 2.45) is 5.92 Å². The lowest BCUT2D eigenvalue weighted by Gasteiger charge is -2.19. The first-order chi connectivity index (χ1) is 13.4. The van der Waals surface area contributed by atoms with Gasteiger partial charge in [0.05, 0.1) is 5.92 Å². The van der Waals surface area contributed by atoms with Gasteiger partial charge < -0.3 is 10.4 Å². The number of halogens is 1. The lowest BCUT2D eigenvalue weighted by atomic mass is 10.00. The lowest BCUT2D eigenvalue weighted by molar-refractivity contribution is -0.141. The molecule has 0 unspecified atom stereocenters. The van der Waals surface area contributed by atoms with Crippen molar-refractivity contribution in [1.82, 2.24) is 5.32 Å². The maximum absolute atomic E-state index is 12.6. The molecule has 0 aromatic heterocycles. The number of nitrogens with one attached hydrogen (secondary N) is 1. The smallest absolute Gasteiger partial charge is 0.327 e. The van der Waals surface area contributed by atoms with E-state index in [2.05, 4.69) is 17.9 Å². The summed E-state index contributed by atoms with van der Waals surface area (Å²) < 4.78 is 0. The second-order valence-electron chi connectivity index (χ2n) is 6.61. The number of aryl methyl sites for hydroxylation is 1. The van der Waals surface area contributed by atoms with E-state index >= 15 is 0 Å². The predicted octanol–water partition coefficient (Wildman–Crippen LogP) is 4.24. The van der Waals surface area contributed by atoms with E-state index in [9.17, 15) is 14.7 Å². The molecule has 0 radical (unpaired) electrons. The Morgan fingerprint density at radius 1 is 1.11 bits per heavy atom. The molecule has 0 aliphatic heterocycles. The molecule has 4 nitrogen and oxygen atoms in total. The molecule has 0 spiro atoms. The van der Waals surface area contributed by atoms with Gasteiger partial charge in [0.15, 0.2) is 0 Å². The highest BCUT2D eigenvalue weighted by Crippen LogP contribution is 2.17. The van der Waals surface area contributed by atoms with E-state index < -0.39 is 17.9 Å². The molecule has 2 rings (SSSR count). The normalized spacial score (nSPS) is 13.0. The summed E-state index contributed by atoms with van der Waals surface area (Å²) in [5.41, 5.74) is 3.27. The van der Waals surface area contributed by atoms with Crippen molar-refractivity contribution in [2.75, 3.05) is 11.5 Å². The quantitative estimate of drug-likeness (QED) is 0.486. The Bertz CT molecular complexity index is 781. The third-order valence-electron chi connectivity index (χ3n) is 4.27. The fourth-order valence-electron chi connectivity index (χ4n) is 2.59. The Morgan fingerprint density at radius 3 is 2.29 bits per heavy atom. The van der Waals surface area contributed by atoms with Gasteiger partial charge in [-0.3, -0.25) is 4.79 Å². The number of carboxylic acid groups (broad SMARTS) is 1. The Morgan fingerprint density at radius 2 is 1.71 bits per heavy atom. The number of hydrogen-bond donors (Lipinski definition) is 3. The number of rotatable bonds is 10. The van der Waals surface area contributed by atoms with Crippen molar-refractivity contribution in [1.29, 1.82) is 0 Å². The molecule has 0 aliphatic carbocycles. The van der Waals surface area contributed by atoms with E-state index in [0.717, 1.165) is 11.1 Å². The number of amides is 1. The summed E-state index contributed by atoms with van der Waals surface area (Å²) in [6, 6.07) is 14.4. The fraction of sp³-hybridized carbons (Fsp3) is 0.333. The average molecular weight is 438 g/mol. The Labute approximate surface area is 180 Å². The molecule has 0 aliphatic rings. The van der Waals surface area contributed by atoms with Gasteiger partial charge in [0.1, 0.15) is 6.04 Å². The second kappa shape index (κ2) is 11.4. The van der Waals surface area contributed by atoms with Crippen molar-refractivity contribution >= 4 is 47.9 Å². The van der Waals surface area contributed by atoms with Crippen LogP contribution in [0.3, 0.4) is 0 Å². The predicted molar refractivity (Wildman–Crippen MR) is 119 cm³/mol. The number of hydrogen-bond acceptors (Lipinski definition) is 4. The molecular weight excluding hydrogens is 414 g/mol. The van der Waals surface area contributed by atoms with Crippen LogP contribution < -0.4 is 5.32 Å². The molecule has 0 bridgehead atoms. The van der Waals surface area contributed by atoms with Gasteiger partial charge in [0, 0.05) is 22.3 Å². The number of thiol groups is 1. The highest BCUT2D eigenvalue weighted by Gasteiger charge is 2.24. The van der Waals surface area contributed by atoms with Crippen LogP contribution in [0.25, 0.3) is 0 Å². The molecule has 7 heteroatoms. The second-order valence-corrected chi connectivity index (χ2v) is 8.44. The van der Waals surface area contributed by atoms with Crippen molar-refractivity contribution in [3.63, 3.8) is 0 Å². The molecule has 0 fully saturated rings. The van der Waals surface area contributed by atoms with Gasteiger partial charge in [-0.25, -0.2) is 4.79 Å². The standard InChI is InChI=1S/C21H24ClNO3S2/c1-14-2-4-16(5-3-14)12-28-13-19(21(25)26)23-20(24)17(11-27)10-15-6-8-18(22)9-7-15/h2-9,17,19,27H,10-13H2,1H3,(H,23,24)(H,25,26)/t17-,19-/m0/s1. The van der Waals surface area contributed by atoms with E-state index in [1.54, 1.807) is 12.1 Å². The first-order valence-corrected chi connectivity index (χ1v) is 11.1. The third-order valence-corrected chi connectivity index (χ3v) is 6.07. The molecule has 0 saturated carbocycles. The van der Waals surface area contributed by atoms with Gasteiger partial charge in [0.25, 0.3) is 0 Å². The maximum atomic E-state index is 12.6. The van der Waals surface area contributed by atoms with Crippen molar-refractivity contribution < 1.29 is 14.7 Å². The summed E-state index contributed by atoms with van der Waals surface area (Å²) >= 11 is 11.6. The zero-order valence-corrected chi connectivity index (χ0v) is 18.1. The highest BCUT2D eigenvalue weighted by atomic mass is 35.5. The van der Waals surface area contributed by atoms with Crippen LogP contribution in [-0.2, 0) is 21.8 Å². The molecule has 0 saturated heterocycles. The zero-order valence-electron chi connectivity index (χ0n) is 15.6. The van der Waals surface area contributed by atoms with Crippen LogP contribution in [0.15, 0.2) is 48.5 Å². The third kappa shape index (κ3) is 7.41. The van der Waals surface area contributed by atoms with Crippen molar-refractivity contribution in [3.05, 3.63) is 70.2 Å². The van der Waals surface area contributed by atoms with E-state index in [1.165, 1.54) is 17.3 Å². The van der Waals surface area contributed by atoms with Gasteiger partial charge in [-0.1, -0.05) is 53.6 Å². The Kier molecular flexibility index (Phi) is 9.22. The number of aliphatic carboxylic acids is 1. The average Bonchev–Trinajstić information content (AvgIpc) is 2.68. The monoisotopic (exact) mass is 437 g/mol. The number of carbonyl (C=O) groups is 2. The summed E-state index contributed by atoms with van der Waals surface area (Å²) in [7, 11) is 0. The van der Waals surface area contributed by atoms with Gasteiger partial charge in [-0.2, -0.15) is 24.4 Å². The minimum Gasteiger partial charge on any atom is -0.480 e. The maximum Gasteiger partial charge on any atom is 0.327 e. The topological polar surface area (TPSA) is 66.4 Å². The molecule has 2 aromatic rings. The van der Waals surface area contributed by atoms with Crippen LogP contribution in [0.1, 0.15) is 16.7 Å². The Balaban J connectivity index is 1.89. The first-order valence-electron chi connectivity index (χ1n) is 8.91. The highest BCUT2D eigenvalue weighted by molar-refractivity contribution is 7.98. The largest absolute Gasteiger partial charge is 0.480 e. The molecule has 0 heterocycles. The first kappa shape index (κ1) is 22.7. The molecule has 150 valence electrons. The number of carboxylic acids is 1. The zero-order chi connectivity index (χ0) is 20.5. The molecule has 2 N–H and O–H groups in total. The minimum atomic E-state index is -1.03. The minimum absolute atomic E-state index is 0.298. The summed E-state index contributed by atoms with van der Waals surface area (Å²) in [5.74, 6) is -0.413. The molecule has 2 atom stereocenters. The summed E-state index contributed by atoms with van der Waals surface area (Å²) in [6.07, 6.45) is 0.481. The van der Waals surface area contributed by atoms with E-state index in [1.807, 2.05) is 43.3 Å². The van der Waals surface area contributed by atoms with E-state index in [-0.39, 0.29) is 5.91 Å². The lowest BCUT2D eigenvalue weighted by Crippen LogP contribution is -2.46. The molecule has 1 amide bonds. The van der Waals surface area contributed by atoms with Crippen LogP contribution >= 0.6 is 36.0 Å². The number of carbonyl (C=O) groups excluding carboxylic acids is 1. The molecule has 2 aromatic carbocycles. The fourth-order valence-corrected chi connectivity index (χ4v) is 4.02. The number of benzene rings is 2. The van der Waals surface area contributed by atoms with Gasteiger partial charge in [-0.05, 0) is 36.6 Å². The van der Waals surface area contributed by atoms with Crippen LogP contribution in [0.2, 0.25) is 5.02 Å². The van der Waals surface area contributed by atoms with Crippen LogP contribution in [-0.4, -0.2) is 34.5 Å². The molecule has 28 heavy (non-hydrogen) atoms. The van der Waals surface area contributed by atoms with Gasteiger partial charge >= 0.3 is 5.97 Å². The summed E-state index contributed by atoms with van der Waals surface area (Å²) in [5, 5.41) is 12.8. The summed E-state index contributed by atoms with van der Waals surface area (Å²) in [6.45, 7) is 2.02. The van der Waals surface area contributed by atoms with Gasteiger partial charge in [-0.15, -0.1) is 0 Å². The summed E-state index contributed by atoms with van der Waals surface area (Å²) in [4.78, 5) is 24.1. The van der Waals surface area contributed by atoms with Crippen molar-refractivity contribution in [3.8, 4) is 0 Å². The SMILES string of the molecule is Cc1ccc(CSC[C@H](NC(=O)[C@H](CS)Cc2ccc(Cl)cc2)C(=O)O)cc1. The van der Waals surface area contributed by atoms with E-state index in [4.69, 9.17) is 11.6 Å². The van der Waals surface area contributed by atoms with Crippen molar-refractivity contribution in [2.45, 2.75) is 25.1 Å². The van der Waals surface area contributed by atoms with Crippen LogP contribution in [0.4, 0.5) is 0 Å². The molecular formula is C21H24ClNO3S2. The van der Waals surface area contributed by atoms with Crippen LogP contribution in [0.5, 0.6) is 0 Å².